The fraction of sp³-hybridized carbons (Fsp3) is 0.333. The highest BCUT2D eigenvalue weighted by Gasteiger charge is 2.09. The number of hydrogen-bond donors (Lipinski definition) is 2. The number of carbonyl (C=O) groups is 1. The van der Waals surface area contributed by atoms with E-state index in [0.29, 0.717) is 11.9 Å². The molecule has 0 unspecified atom stereocenters. The molecule has 3 rings (SSSR count). The van der Waals surface area contributed by atoms with Gasteiger partial charge in [-0.15, -0.1) is 11.8 Å². The average Bonchev–Trinajstić information content (AvgIpc) is 3.07. The largest absolute Gasteiger partial charge is 0.361 e. The SMILES string of the molecule is CSc1cnc(NC[C@H](C)CNc2nc3ccc(C(C)=O)cc3s2)nc1. The molecular formula is C18H21N5OS2. The van der Waals surface area contributed by atoms with Crippen molar-refractivity contribution in [1.29, 1.82) is 0 Å². The number of carbonyl (C=O) groups excluding carboxylic acids is 1. The van der Waals surface area contributed by atoms with Gasteiger partial charge in [0.05, 0.1) is 10.2 Å². The fourth-order valence-electron chi connectivity index (χ4n) is 2.33. The van der Waals surface area contributed by atoms with E-state index in [4.69, 9.17) is 0 Å². The Balaban J connectivity index is 1.52. The van der Waals surface area contributed by atoms with Gasteiger partial charge in [0.25, 0.3) is 0 Å². The first kappa shape index (κ1) is 18.6. The third-order valence-corrected chi connectivity index (χ3v) is 5.53. The maximum absolute atomic E-state index is 11.5. The lowest BCUT2D eigenvalue weighted by Gasteiger charge is -2.13. The molecule has 3 aromatic rings. The van der Waals surface area contributed by atoms with Crippen LogP contribution in [-0.4, -0.2) is 40.1 Å². The zero-order valence-corrected chi connectivity index (χ0v) is 16.6. The van der Waals surface area contributed by atoms with E-state index in [0.717, 1.165) is 38.9 Å². The van der Waals surface area contributed by atoms with Gasteiger partial charge in [-0.2, -0.15) is 0 Å². The number of benzene rings is 1. The second-order valence-electron chi connectivity index (χ2n) is 6.07. The van der Waals surface area contributed by atoms with Crippen LogP contribution in [-0.2, 0) is 0 Å². The first-order valence-electron chi connectivity index (χ1n) is 8.30. The molecule has 2 heterocycles. The molecule has 0 bridgehead atoms. The molecule has 6 nitrogen and oxygen atoms in total. The molecule has 0 amide bonds. The van der Waals surface area contributed by atoms with E-state index in [9.17, 15) is 4.79 Å². The summed E-state index contributed by atoms with van der Waals surface area (Å²) in [6, 6.07) is 5.62. The van der Waals surface area contributed by atoms with Gasteiger partial charge < -0.3 is 10.6 Å². The molecule has 0 aliphatic heterocycles. The number of thiazole rings is 1. The first-order valence-corrected chi connectivity index (χ1v) is 10.3. The zero-order chi connectivity index (χ0) is 18.5. The third kappa shape index (κ3) is 4.70. The Hall–Kier alpha value is -2.19. The minimum atomic E-state index is 0.0716. The summed E-state index contributed by atoms with van der Waals surface area (Å²) >= 11 is 3.19. The number of nitrogens with zero attached hydrogens (tertiary/aromatic N) is 3. The van der Waals surface area contributed by atoms with Crippen molar-refractivity contribution < 1.29 is 4.79 Å². The lowest BCUT2D eigenvalue weighted by Crippen LogP contribution is -2.20. The lowest BCUT2D eigenvalue weighted by atomic mass is 10.1. The highest BCUT2D eigenvalue weighted by molar-refractivity contribution is 7.98. The monoisotopic (exact) mass is 387 g/mol. The van der Waals surface area contributed by atoms with E-state index in [-0.39, 0.29) is 5.78 Å². The predicted molar refractivity (Wildman–Crippen MR) is 110 cm³/mol. The van der Waals surface area contributed by atoms with Gasteiger partial charge in [0.1, 0.15) is 0 Å². The van der Waals surface area contributed by atoms with E-state index in [1.165, 1.54) is 0 Å². The number of Topliss-reactive ketones (excluding diaryl/α,β-unsaturated/α-hetero) is 1. The summed E-state index contributed by atoms with van der Waals surface area (Å²) in [6.07, 6.45) is 5.64. The van der Waals surface area contributed by atoms with Gasteiger partial charge in [-0.05, 0) is 37.3 Å². The Labute approximate surface area is 160 Å². The molecule has 0 aliphatic carbocycles. The van der Waals surface area contributed by atoms with Crippen LogP contribution in [0.25, 0.3) is 10.2 Å². The maximum atomic E-state index is 11.5. The van der Waals surface area contributed by atoms with E-state index in [1.54, 1.807) is 30.0 Å². The molecule has 0 radical (unpaired) electrons. The van der Waals surface area contributed by atoms with Gasteiger partial charge in [0.15, 0.2) is 10.9 Å². The number of thioether (sulfide) groups is 1. The van der Waals surface area contributed by atoms with Gasteiger partial charge >= 0.3 is 0 Å². The van der Waals surface area contributed by atoms with Crippen LogP contribution >= 0.6 is 23.1 Å². The molecule has 0 saturated heterocycles. The van der Waals surface area contributed by atoms with Crippen molar-refractivity contribution in [3.8, 4) is 0 Å². The van der Waals surface area contributed by atoms with Crippen LogP contribution in [0.15, 0.2) is 35.5 Å². The minimum absolute atomic E-state index is 0.0716. The van der Waals surface area contributed by atoms with Crippen molar-refractivity contribution in [3.63, 3.8) is 0 Å². The molecule has 0 aliphatic rings. The van der Waals surface area contributed by atoms with Gasteiger partial charge in [0, 0.05) is 35.9 Å². The molecule has 1 aromatic carbocycles. The molecule has 0 spiro atoms. The van der Waals surface area contributed by atoms with Crippen LogP contribution in [0.5, 0.6) is 0 Å². The third-order valence-electron chi connectivity index (χ3n) is 3.87. The van der Waals surface area contributed by atoms with E-state index in [2.05, 4.69) is 32.5 Å². The topological polar surface area (TPSA) is 79.8 Å². The number of ketones is 1. The van der Waals surface area contributed by atoms with Crippen LogP contribution in [0.3, 0.4) is 0 Å². The van der Waals surface area contributed by atoms with Crippen LogP contribution < -0.4 is 10.6 Å². The summed E-state index contributed by atoms with van der Waals surface area (Å²) < 4.78 is 1.02. The quantitative estimate of drug-likeness (QED) is 0.443. The van der Waals surface area contributed by atoms with E-state index in [1.807, 2.05) is 36.8 Å². The average molecular weight is 388 g/mol. The molecule has 136 valence electrons. The van der Waals surface area contributed by atoms with Crippen molar-refractivity contribution >= 4 is 50.2 Å². The Morgan fingerprint density at radius 1 is 1.23 bits per heavy atom. The number of aromatic nitrogens is 3. The molecule has 8 heteroatoms. The second kappa shape index (κ2) is 8.46. The highest BCUT2D eigenvalue weighted by Crippen LogP contribution is 2.27. The summed E-state index contributed by atoms with van der Waals surface area (Å²) in [4.78, 5) is 25.7. The number of nitrogens with one attached hydrogen (secondary N) is 2. The molecule has 0 saturated carbocycles. The van der Waals surface area contributed by atoms with Crippen LogP contribution in [0.2, 0.25) is 0 Å². The van der Waals surface area contributed by atoms with Gasteiger partial charge in [0.2, 0.25) is 5.95 Å². The smallest absolute Gasteiger partial charge is 0.222 e. The zero-order valence-electron chi connectivity index (χ0n) is 14.9. The van der Waals surface area contributed by atoms with Crippen molar-refractivity contribution in [3.05, 3.63) is 36.2 Å². The molecule has 0 fully saturated rings. The van der Waals surface area contributed by atoms with Gasteiger partial charge in [-0.25, -0.2) is 15.0 Å². The molecule has 2 aromatic heterocycles. The lowest BCUT2D eigenvalue weighted by molar-refractivity contribution is 0.101. The summed E-state index contributed by atoms with van der Waals surface area (Å²) in [5.41, 5.74) is 1.63. The summed E-state index contributed by atoms with van der Waals surface area (Å²) in [7, 11) is 0. The Kier molecular flexibility index (Phi) is 6.05. The Bertz CT molecular complexity index is 894. The summed E-state index contributed by atoms with van der Waals surface area (Å²) in [6.45, 7) is 5.28. The Morgan fingerprint density at radius 3 is 2.65 bits per heavy atom. The van der Waals surface area contributed by atoms with Gasteiger partial charge in [-0.3, -0.25) is 4.79 Å². The van der Waals surface area contributed by atoms with Crippen LogP contribution in [0, 0.1) is 5.92 Å². The van der Waals surface area contributed by atoms with Gasteiger partial charge in [-0.1, -0.05) is 18.3 Å². The predicted octanol–water partition coefficient (Wildman–Crippen LogP) is 4.17. The van der Waals surface area contributed by atoms with Crippen molar-refractivity contribution in [2.75, 3.05) is 30.0 Å². The maximum Gasteiger partial charge on any atom is 0.222 e. The number of anilines is 2. The highest BCUT2D eigenvalue weighted by atomic mass is 32.2. The summed E-state index contributed by atoms with van der Waals surface area (Å²) in [5.74, 6) is 1.09. The Morgan fingerprint density at radius 2 is 1.96 bits per heavy atom. The van der Waals surface area contributed by atoms with Crippen molar-refractivity contribution in [1.82, 2.24) is 15.0 Å². The van der Waals surface area contributed by atoms with Crippen molar-refractivity contribution in [2.24, 2.45) is 5.92 Å². The summed E-state index contributed by atoms with van der Waals surface area (Å²) in [5, 5.41) is 7.50. The van der Waals surface area contributed by atoms with Crippen LogP contribution in [0.1, 0.15) is 24.2 Å². The standard InChI is InChI=1S/C18H21N5OS2/c1-11(7-19-17-20-9-14(25-3)10-21-17)8-22-18-23-15-5-4-13(12(2)24)6-16(15)26-18/h4-6,9-11H,7-8H2,1-3H3,(H,22,23)(H,19,20,21)/t11-/m0/s1. The normalized spacial score (nSPS) is 12.1. The fourth-order valence-corrected chi connectivity index (χ4v) is 3.56. The minimum Gasteiger partial charge on any atom is -0.361 e. The van der Waals surface area contributed by atoms with E-state index < -0.39 is 0 Å². The van der Waals surface area contributed by atoms with Crippen molar-refractivity contribution in [2.45, 2.75) is 18.7 Å². The molecule has 2 N–H and O–H groups in total. The number of hydrogen-bond acceptors (Lipinski definition) is 8. The van der Waals surface area contributed by atoms with Crippen LogP contribution in [0.4, 0.5) is 11.1 Å². The molecule has 1 atom stereocenters. The second-order valence-corrected chi connectivity index (χ2v) is 7.98. The van der Waals surface area contributed by atoms with E-state index >= 15 is 0 Å². The number of rotatable bonds is 8. The molecule has 26 heavy (non-hydrogen) atoms. The molecular weight excluding hydrogens is 366 g/mol. The first-order chi connectivity index (χ1) is 12.5. The number of fused-ring (bicyclic) bond motifs is 1.